The first-order valence-electron chi connectivity index (χ1n) is 10.3. The quantitative estimate of drug-likeness (QED) is 0.456. The monoisotopic (exact) mass is 431 g/mol. The summed E-state index contributed by atoms with van der Waals surface area (Å²) in [6.07, 6.45) is 3.90. The summed E-state index contributed by atoms with van der Waals surface area (Å²) < 4.78 is 11.3. The van der Waals surface area contributed by atoms with Crippen LogP contribution in [0.25, 0.3) is 0 Å². The lowest BCUT2D eigenvalue weighted by Gasteiger charge is -2.27. The average Bonchev–Trinajstić information content (AvgIpc) is 2.75. The number of halogens is 1. The Hall–Kier alpha value is -1.53. The van der Waals surface area contributed by atoms with Crippen LogP contribution in [0.1, 0.15) is 36.3 Å². The molecule has 2 heterocycles. The summed E-state index contributed by atoms with van der Waals surface area (Å²) in [5, 5.41) is 0.627. The third-order valence-corrected chi connectivity index (χ3v) is 6.86. The number of rotatable bonds is 7. The van der Waals surface area contributed by atoms with Crippen molar-refractivity contribution in [3.8, 4) is 0 Å². The van der Waals surface area contributed by atoms with Crippen LogP contribution < -0.4 is 0 Å². The Morgan fingerprint density at radius 3 is 2.66 bits per heavy atom. The number of hydrogen-bond acceptors (Lipinski definition) is 5. The predicted molar refractivity (Wildman–Crippen MR) is 116 cm³/mol. The van der Waals surface area contributed by atoms with Crippen molar-refractivity contribution in [2.75, 3.05) is 39.5 Å². The molecule has 0 spiro atoms. The first-order valence-corrected chi connectivity index (χ1v) is 11.4. The molecular formula is C23H26ClNO3S. The number of benzene rings is 2. The second-order valence-corrected chi connectivity index (χ2v) is 8.96. The molecule has 0 N–H and O–H groups in total. The number of carbonyl (C=O) groups excluding carboxylic acids is 1. The number of nitrogens with zero attached hydrogens (tertiary/aromatic N) is 1. The van der Waals surface area contributed by atoms with Gasteiger partial charge in [-0.05, 0) is 61.3 Å². The van der Waals surface area contributed by atoms with E-state index in [9.17, 15) is 4.79 Å². The second kappa shape index (κ2) is 9.98. The summed E-state index contributed by atoms with van der Waals surface area (Å²) >= 11 is 7.88. The van der Waals surface area contributed by atoms with E-state index in [1.54, 1.807) is 11.8 Å². The van der Waals surface area contributed by atoms with Crippen LogP contribution in [-0.4, -0.2) is 50.3 Å². The van der Waals surface area contributed by atoms with Crippen LogP contribution in [0.15, 0.2) is 52.3 Å². The molecule has 4 rings (SSSR count). The van der Waals surface area contributed by atoms with Gasteiger partial charge in [-0.25, -0.2) is 0 Å². The zero-order valence-corrected chi connectivity index (χ0v) is 18.0. The van der Waals surface area contributed by atoms with Gasteiger partial charge >= 0.3 is 5.97 Å². The Labute approximate surface area is 181 Å². The van der Waals surface area contributed by atoms with Gasteiger partial charge in [0.2, 0.25) is 0 Å². The molecular weight excluding hydrogens is 406 g/mol. The minimum Gasteiger partial charge on any atom is -0.463 e. The van der Waals surface area contributed by atoms with E-state index in [0.29, 0.717) is 18.2 Å². The molecule has 2 aliphatic rings. The van der Waals surface area contributed by atoms with Crippen LogP contribution in [0, 0.1) is 0 Å². The first kappa shape index (κ1) is 20.7. The lowest BCUT2D eigenvalue weighted by atomic mass is 9.90. The van der Waals surface area contributed by atoms with E-state index in [1.165, 1.54) is 32.4 Å². The molecule has 0 bridgehead atoms. The van der Waals surface area contributed by atoms with Gasteiger partial charge in [0, 0.05) is 21.4 Å². The summed E-state index contributed by atoms with van der Waals surface area (Å²) in [5.74, 6) is -0.699. The molecule has 6 heteroatoms. The Morgan fingerprint density at radius 2 is 1.79 bits per heavy atom. The summed E-state index contributed by atoms with van der Waals surface area (Å²) in [7, 11) is 0. The average molecular weight is 432 g/mol. The molecule has 0 amide bonds. The zero-order valence-electron chi connectivity index (χ0n) is 16.4. The highest BCUT2D eigenvalue weighted by molar-refractivity contribution is 7.99. The van der Waals surface area contributed by atoms with E-state index < -0.39 is 5.92 Å². The number of carbonyl (C=O) groups is 1. The van der Waals surface area contributed by atoms with E-state index >= 15 is 0 Å². The number of piperidine rings is 1. The molecule has 1 atom stereocenters. The van der Waals surface area contributed by atoms with Crippen molar-refractivity contribution >= 4 is 29.3 Å². The topological polar surface area (TPSA) is 38.8 Å². The van der Waals surface area contributed by atoms with Gasteiger partial charge < -0.3 is 14.4 Å². The van der Waals surface area contributed by atoms with Crippen molar-refractivity contribution in [1.82, 2.24) is 4.90 Å². The summed E-state index contributed by atoms with van der Waals surface area (Å²) in [5.41, 5.74) is 1.89. The fourth-order valence-corrected chi connectivity index (χ4v) is 5.25. The molecule has 0 radical (unpaired) electrons. The Balaban J connectivity index is 1.33. The highest BCUT2D eigenvalue weighted by Crippen LogP contribution is 2.46. The number of ether oxygens (including phenoxy) is 2. The molecule has 2 aliphatic heterocycles. The maximum Gasteiger partial charge on any atom is 0.318 e. The molecule has 0 aliphatic carbocycles. The highest BCUT2D eigenvalue weighted by Gasteiger charge is 2.32. The second-order valence-electron chi connectivity index (χ2n) is 7.44. The molecule has 0 unspecified atom stereocenters. The Kier molecular flexibility index (Phi) is 7.14. The van der Waals surface area contributed by atoms with Gasteiger partial charge in [0.15, 0.2) is 0 Å². The summed E-state index contributed by atoms with van der Waals surface area (Å²) in [6.45, 7) is 4.65. The summed E-state index contributed by atoms with van der Waals surface area (Å²) in [4.78, 5) is 17.5. The molecule has 0 saturated carbocycles. The van der Waals surface area contributed by atoms with E-state index in [2.05, 4.69) is 4.90 Å². The van der Waals surface area contributed by atoms with Gasteiger partial charge in [-0.2, -0.15) is 0 Å². The minimum absolute atomic E-state index is 0.249. The van der Waals surface area contributed by atoms with E-state index in [0.717, 1.165) is 27.5 Å². The van der Waals surface area contributed by atoms with Crippen molar-refractivity contribution in [3.63, 3.8) is 0 Å². The van der Waals surface area contributed by atoms with Crippen molar-refractivity contribution in [3.05, 3.63) is 58.6 Å². The van der Waals surface area contributed by atoms with Crippen molar-refractivity contribution in [1.29, 1.82) is 0 Å². The van der Waals surface area contributed by atoms with Crippen molar-refractivity contribution in [2.24, 2.45) is 0 Å². The van der Waals surface area contributed by atoms with Crippen molar-refractivity contribution < 1.29 is 14.3 Å². The van der Waals surface area contributed by atoms with Gasteiger partial charge in [-0.3, -0.25) is 4.79 Å². The molecule has 1 fully saturated rings. The number of fused-ring (bicyclic) bond motifs is 2. The maximum absolute atomic E-state index is 13.0. The largest absolute Gasteiger partial charge is 0.463 e. The normalized spacial score (nSPS) is 18.7. The van der Waals surface area contributed by atoms with Gasteiger partial charge in [0.1, 0.15) is 12.5 Å². The van der Waals surface area contributed by atoms with Crippen LogP contribution in [0.3, 0.4) is 0 Å². The number of likely N-dealkylation sites (tertiary alicyclic amines) is 1. The van der Waals surface area contributed by atoms with E-state index in [-0.39, 0.29) is 12.6 Å². The fourth-order valence-electron chi connectivity index (χ4n) is 3.95. The van der Waals surface area contributed by atoms with Gasteiger partial charge in [0.05, 0.1) is 13.2 Å². The molecule has 1 saturated heterocycles. The molecule has 2 aromatic carbocycles. The van der Waals surface area contributed by atoms with Gasteiger partial charge in [-0.1, -0.05) is 48.0 Å². The Bertz CT molecular complexity index is 854. The third-order valence-electron chi connectivity index (χ3n) is 5.44. The minimum atomic E-state index is -0.450. The molecule has 2 aromatic rings. The first-order chi connectivity index (χ1) is 14.2. The standard InChI is InChI=1S/C23H26ClNO3S/c24-17-8-9-21-19(16-17)22(18-6-2-3-7-20(18)29-21)23(26)28-15-14-27-13-12-25-10-4-1-5-11-25/h2-3,6-9,16,22H,1,4-5,10-15H2/t22-/m0/s1. The highest BCUT2D eigenvalue weighted by atomic mass is 35.5. The van der Waals surface area contributed by atoms with E-state index in [1.807, 2.05) is 42.5 Å². The van der Waals surface area contributed by atoms with Crippen molar-refractivity contribution in [2.45, 2.75) is 35.0 Å². The van der Waals surface area contributed by atoms with Gasteiger partial charge in [0.25, 0.3) is 0 Å². The van der Waals surface area contributed by atoms with Crippen LogP contribution in [-0.2, 0) is 14.3 Å². The number of esters is 1. The maximum atomic E-state index is 13.0. The SMILES string of the molecule is O=C(OCCOCCN1CCCCC1)[C@H]1c2ccccc2Sc2ccc(Cl)cc21. The lowest BCUT2D eigenvalue weighted by molar-refractivity contribution is -0.146. The molecule has 154 valence electrons. The molecule has 4 nitrogen and oxygen atoms in total. The number of hydrogen-bond donors (Lipinski definition) is 0. The van der Waals surface area contributed by atoms with Crippen LogP contribution in [0.4, 0.5) is 0 Å². The van der Waals surface area contributed by atoms with E-state index in [4.69, 9.17) is 21.1 Å². The molecule has 29 heavy (non-hydrogen) atoms. The predicted octanol–water partition coefficient (Wildman–Crippen LogP) is 4.98. The molecule has 0 aromatic heterocycles. The summed E-state index contributed by atoms with van der Waals surface area (Å²) in [6, 6.07) is 13.7. The van der Waals surface area contributed by atoms with Gasteiger partial charge in [-0.15, -0.1) is 0 Å². The Morgan fingerprint density at radius 1 is 1.00 bits per heavy atom. The fraction of sp³-hybridized carbons (Fsp3) is 0.435. The van der Waals surface area contributed by atoms with Crippen LogP contribution in [0.2, 0.25) is 5.02 Å². The lowest BCUT2D eigenvalue weighted by Crippen LogP contribution is -2.33. The van der Waals surface area contributed by atoms with Crippen LogP contribution >= 0.6 is 23.4 Å². The van der Waals surface area contributed by atoms with Crippen LogP contribution in [0.5, 0.6) is 0 Å². The zero-order chi connectivity index (χ0) is 20.1. The third kappa shape index (κ3) is 5.15. The smallest absolute Gasteiger partial charge is 0.318 e.